The molecule has 0 aromatic heterocycles. The topological polar surface area (TPSA) is 17.1 Å². The van der Waals surface area contributed by atoms with Gasteiger partial charge in [-0.05, 0) is 31.0 Å². The van der Waals surface area contributed by atoms with Gasteiger partial charge in [-0.25, -0.2) is 0 Å². The summed E-state index contributed by atoms with van der Waals surface area (Å²) in [6.45, 7) is 5.41. The average Bonchev–Trinajstić information content (AvgIpc) is 2.22. The molecule has 0 aliphatic heterocycles. The molecule has 0 heterocycles. The summed E-state index contributed by atoms with van der Waals surface area (Å²) >= 11 is 15.7. The Hall–Kier alpha value is -0.0500. The molecule has 88 valence electrons. The number of hydrogen-bond acceptors (Lipinski definition) is 1. The number of benzene rings is 1. The normalized spacial score (nSPS) is 14.6. The zero-order valence-electron chi connectivity index (χ0n) is 9.35. The highest BCUT2D eigenvalue weighted by molar-refractivity contribution is 9.10. The van der Waals surface area contributed by atoms with Crippen molar-refractivity contribution in [1.29, 1.82) is 0 Å². The van der Waals surface area contributed by atoms with E-state index in [0.29, 0.717) is 10.0 Å². The Morgan fingerprint density at radius 2 is 1.94 bits per heavy atom. The van der Waals surface area contributed by atoms with E-state index in [-0.39, 0.29) is 16.5 Å². The second kappa shape index (κ2) is 5.52. The van der Waals surface area contributed by atoms with Crippen LogP contribution in [0.2, 0.25) is 10.0 Å². The Morgan fingerprint density at radius 1 is 1.38 bits per heavy atom. The standard InChI is InChI=1S/C12H13BrCl2O/c1-6-4-5-9(14)10(12(6)15)7(2)11(13)8(3)16/h4-5,7,11H,1-3H3. The Bertz CT molecular complexity index is 418. The van der Waals surface area contributed by atoms with Gasteiger partial charge in [-0.1, -0.05) is 52.1 Å². The van der Waals surface area contributed by atoms with Gasteiger partial charge in [0.2, 0.25) is 0 Å². The van der Waals surface area contributed by atoms with Crippen LogP contribution in [-0.2, 0) is 4.79 Å². The molecule has 0 saturated heterocycles. The molecule has 1 nitrogen and oxygen atoms in total. The van der Waals surface area contributed by atoms with Crippen molar-refractivity contribution in [1.82, 2.24) is 0 Å². The van der Waals surface area contributed by atoms with Crippen LogP contribution in [0.3, 0.4) is 0 Å². The number of ketones is 1. The van der Waals surface area contributed by atoms with E-state index in [1.165, 1.54) is 0 Å². The maximum absolute atomic E-state index is 11.3. The fourth-order valence-electron chi connectivity index (χ4n) is 1.59. The van der Waals surface area contributed by atoms with Gasteiger partial charge in [-0.3, -0.25) is 4.79 Å². The van der Waals surface area contributed by atoms with Crippen LogP contribution in [0.5, 0.6) is 0 Å². The number of hydrogen-bond donors (Lipinski definition) is 0. The van der Waals surface area contributed by atoms with Gasteiger partial charge in [0.1, 0.15) is 5.78 Å². The third-order valence-electron chi connectivity index (χ3n) is 2.60. The molecule has 2 unspecified atom stereocenters. The number of rotatable bonds is 3. The molecule has 0 radical (unpaired) electrons. The van der Waals surface area contributed by atoms with Crippen LogP contribution in [0, 0.1) is 6.92 Å². The molecule has 1 aromatic rings. The minimum absolute atomic E-state index is 0.0441. The number of carbonyl (C=O) groups excluding carboxylic acids is 1. The Labute approximate surface area is 114 Å². The summed E-state index contributed by atoms with van der Waals surface area (Å²) < 4.78 is 0. The van der Waals surface area contributed by atoms with E-state index in [1.807, 2.05) is 26.0 Å². The highest BCUT2D eigenvalue weighted by Gasteiger charge is 2.24. The molecule has 0 aliphatic rings. The van der Waals surface area contributed by atoms with Crippen LogP contribution in [0.15, 0.2) is 12.1 Å². The zero-order valence-corrected chi connectivity index (χ0v) is 12.4. The summed E-state index contributed by atoms with van der Waals surface area (Å²) in [7, 11) is 0. The maximum atomic E-state index is 11.3. The van der Waals surface area contributed by atoms with Crippen molar-refractivity contribution in [3.63, 3.8) is 0 Å². The fraction of sp³-hybridized carbons (Fsp3) is 0.417. The molecular weight excluding hydrogens is 311 g/mol. The fourth-order valence-corrected chi connectivity index (χ4v) is 2.57. The lowest BCUT2D eigenvalue weighted by molar-refractivity contribution is -0.116. The first-order valence-electron chi connectivity index (χ1n) is 4.95. The highest BCUT2D eigenvalue weighted by atomic mass is 79.9. The molecule has 1 rings (SSSR count). The molecule has 0 bridgehead atoms. The Balaban J connectivity index is 3.22. The number of carbonyl (C=O) groups is 1. The van der Waals surface area contributed by atoms with Gasteiger partial charge < -0.3 is 0 Å². The SMILES string of the molecule is CC(=O)C(Br)C(C)c1c(Cl)ccc(C)c1Cl. The summed E-state index contributed by atoms with van der Waals surface area (Å²) in [5, 5.41) is 1.25. The van der Waals surface area contributed by atoms with Crippen molar-refractivity contribution < 1.29 is 4.79 Å². The zero-order chi connectivity index (χ0) is 12.5. The van der Waals surface area contributed by atoms with Gasteiger partial charge in [0.25, 0.3) is 0 Å². The highest BCUT2D eigenvalue weighted by Crippen LogP contribution is 2.37. The molecule has 4 heteroatoms. The van der Waals surface area contributed by atoms with E-state index >= 15 is 0 Å². The molecule has 0 aliphatic carbocycles. The van der Waals surface area contributed by atoms with E-state index in [2.05, 4.69) is 15.9 Å². The van der Waals surface area contributed by atoms with E-state index < -0.39 is 0 Å². The molecule has 0 fully saturated rings. The molecule has 0 amide bonds. The largest absolute Gasteiger partial charge is 0.299 e. The quantitative estimate of drug-likeness (QED) is 0.733. The second-order valence-corrected chi connectivity index (χ2v) is 5.66. The third kappa shape index (κ3) is 2.79. The number of Topliss-reactive ketones (excluding diaryl/α,β-unsaturated/α-hetero) is 1. The molecule has 0 spiro atoms. The van der Waals surface area contributed by atoms with Crippen LogP contribution in [0.25, 0.3) is 0 Å². The summed E-state index contributed by atoms with van der Waals surface area (Å²) in [5.74, 6) is 0.0264. The molecule has 2 atom stereocenters. The van der Waals surface area contributed by atoms with Crippen LogP contribution >= 0.6 is 39.1 Å². The van der Waals surface area contributed by atoms with Gasteiger partial charge in [0.15, 0.2) is 0 Å². The molecule has 0 N–H and O–H groups in total. The average molecular weight is 324 g/mol. The summed E-state index contributed by atoms with van der Waals surface area (Å²) in [5.41, 5.74) is 1.80. The lowest BCUT2D eigenvalue weighted by Gasteiger charge is -2.20. The lowest BCUT2D eigenvalue weighted by atomic mass is 9.94. The minimum Gasteiger partial charge on any atom is -0.299 e. The first kappa shape index (κ1) is 14.0. The maximum Gasteiger partial charge on any atom is 0.144 e. The summed E-state index contributed by atoms with van der Waals surface area (Å²) in [4.78, 5) is 11.1. The van der Waals surface area contributed by atoms with E-state index in [4.69, 9.17) is 23.2 Å². The van der Waals surface area contributed by atoms with Gasteiger partial charge in [-0.15, -0.1) is 0 Å². The molecular formula is C12H13BrCl2O. The smallest absolute Gasteiger partial charge is 0.144 e. The number of halogens is 3. The molecule has 16 heavy (non-hydrogen) atoms. The number of alkyl halides is 1. The molecule has 0 saturated carbocycles. The third-order valence-corrected chi connectivity index (χ3v) is 4.87. The van der Waals surface area contributed by atoms with Crippen molar-refractivity contribution >= 4 is 44.9 Å². The second-order valence-electron chi connectivity index (χ2n) is 3.89. The van der Waals surface area contributed by atoms with Crippen molar-refractivity contribution in [3.8, 4) is 0 Å². The predicted molar refractivity (Wildman–Crippen MR) is 73.0 cm³/mol. The van der Waals surface area contributed by atoms with Crippen molar-refractivity contribution in [3.05, 3.63) is 33.3 Å². The monoisotopic (exact) mass is 322 g/mol. The Morgan fingerprint density at radius 3 is 2.44 bits per heavy atom. The lowest BCUT2D eigenvalue weighted by Crippen LogP contribution is -2.18. The predicted octanol–water partition coefficient (Wildman–Crippen LogP) is 4.76. The van der Waals surface area contributed by atoms with E-state index in [0.717, 1.165) is 11.1 Å². The minimum atomic E-state index is -0.260. The molecule has 1 aromatic carbocycles. The van der Waals surface area contributed by atoms with Crippen LogP contribution < -0.4 is 0 Å². The van der Waals surface area contributed by atoms with Crippen molar-refractivity contribution in [2.75, 3.05) is 0 Å². The van der Waals surface area contributed by atoms with Gasteiger partial charge in [0.05, 0.1) is 4.83 Å². The van der Waals surface area contributed by atoms with Gasteiger partial charge in [-0.2, -0.15) is 0 Å². The summed E-state index contributed by atoms with van der Waals surface area (Å²) in [6.07, 6.45) is 0. The first-order valence-corrected chi connectivity index (χ1v) is 6.62. The van der Waals surface area contributed by atoms with Crippen LogP contribution in [-0.4, -0.2) is 10.6 Å². The summed E-state index contributed by atoms with van der Waals surface area (Å²) in [6, 6.07) is 3.69. The van der Waals surface area contributed by atoms with Crippen LogP contribution in [0.1, 0.15) is 30.9 Å². The van der Waals surface area contributed by atoms with Gasteiger partial charge >= 0.3 is 0 Å². The van der Waals surface area contributed by atoms with E-state index in [9.17, 15) is 4.79 Å². The van der Waals surface area contributed by atoms with Crippen molar-refractivity contribution in [2.45, 2.75) is 31.5 Å². The first-order chi connectivity index (χ1) is 7.36. The van der Waals surface area contributed by atoms with Crippen molar-refractivity contribution in [2.24, 2.45) is 0 Å². The van der Waals surface area contributed by atoms with Crippen LogP contribution in [0.4, 0.5) is 0 Å². The van der Waals surface area contributed by atoms with E-state index in [1.54, 1.807) is 6.92 Å². The number of aryl methyl sites for hydroxylation is 1. The van der Waals surface area contributed by atoms with Gasteiger partial charge in [0, 0.05) is 16.0 Å². The Kier molecular flexibility index (Phi) is 4.84.